The van der Waals surface area contributed by atoms with Gasteiger partial charge in [0.1, 0.15) is 22.9 Å². The first kappa shape index (κ1) is 35.1. The third kappa shape index (κ3) is 6.90. The SMILES string of the molecule is COc1ccc(CN2CCN(C3CC4(CCN(c5ccc(C=O)c(Oc6cnc7[nH]ccc7c6)c5)CC4)C3)C(c3ccccc3C(C)C)C2)cc1C1CC1. The molecule has 1 unspecified atom stereocenters. The predicted molar refractivity (Wildman–Crippen MR) is 215 cm³/mol. The lowest BCUT2D eigenvalue weighted by atomic mass is 9.59. The number of carbonyl (C=O) groups excluding carboxylic acids is 1. The number of rotatable bonds is 11. The molecule has 2 aliphatic heterocycles. The summed E-state index contributed by atoms with van der Waals surface area (Å²) < 4.78 is 12.0. The van der Waals surface area contributed by atoms with Gasteiger partial charge in [-0.1, -0.05) is 50.2 Å². The number of methoxy groups -OCH3 is 1. The third-order valence-electron chi connectivity index (χ3n) is 12.9. The Morgan fingerprint density at radius 2 is 1.76 bits per heavy atom. The molecule has 5 aromatic rings. The Morgan fingerprint density at radius 1 is 0.926 bits per heavy atom. The molecule has 0 amide bonds. The van der Waals surface area contributed by atoms with Crippen molar-refractivity contribution in [3.05, 3.63) is 113 Å². The number of aromatic amines is 1. The van der Waals surface area contributed by atoms with Gasteiger partial charge < -0.3 is 19.4 Å². The predicted octanol–water partition coefficient (Wildman–Crippen LogP) is 9.49. The van der Waals surface area contributed by atoms with E-state index in [0.29, 0.717) is 46.4 Å². The summed E-state index contributed by atoms with van der Waals surface area (Å²) in [4.78, 5) is 27.6. The zero-order valence-electron chi connectivity index (χ0n) is 32.0. The zero-order chi connectivity index (χ0) is 36.8. The Hall–Kier alpha value is -4.66. The van der Waals surface area contributed by atoms with Crippen molar-refractivity contribution in [3.63, 3.8) is 0 Å². The smallest absolute Gasteiger partial charge is 0.153 e. The van der Waals surface area contributed by atoms with Gasteiger partial charge in [-0.25, -0.2) is 4.98 Å². The molecule has 4 heterocycles. The molecular weight excluding hydrogens is 671 g/mol. The van der Waals surface area contributed by atoms with Crippen LogP contribution in [0.1, 0.15) is 103 Å². The van der Waals surface area contributed by atoms with E-state index in [1.165, 1.54) is 60.8 Å². The molecule has 4 fully saturated rings. The topological polar surface area (TPSA) is 73.9 Å². The number of nitrogens with zero attached hydrogens (tertiary/aromatic N) is 4. The molecule has 4 aliphatic rings. The molecule has 2 saturated carbocycles. The average molecular weight is 724 g/mol. The Kier molecular flexibility index (Phi) is 9.44. The van der Waals surface area contributed by atoms with Crippen molar-refractivity contribution in [2.75, 3.05) is 44.7 Å². The van der Waals surface area contributed by atoms with Crippen LogP contribution in [0.2, 0.25) is 0 Å². The molecule has 8 nitrogen and oxygen atoms in total. The number of H-pyrrole nitrogens is 1. The van der Waals surface area contributed by atoms with Crippen LogP contribution in [0.5, 0.6) is 17.2 Å². The number of hydrogen-bond acceptors (Lipinski definition) is 7. The standard InChI is InChI=1S/C46H53N5O3/c1-31(2)39-6-4-5-7-40(39)42-29-49(28-32-8-13-43(53-3)41(22-32)33-9-10-33)20-21-51(42)37-25-46(26-37)15-18-50(19-16-46)36-12-11-35(30-52)44(24-36)54-38-23-34-14-17-47-45(34)48-27-38/h4-8,11-14,17,22-24,27,30-31,33,37,42H,9-10,15-16,18-21,25-26,28-29H2,1-3H3,(H,47,48). The first-order valence-electron chi connectivity index (χ1n) is 20.1. The van der Waals surface area contributed by atoms with Crippen molar-refractivity contribution in [2.24, 2.45) is 5.41 Å². The van der Waals surface area contributed by atoms with Crippen LogP contribution in [-0.4, -0.2) is 71.9 Å². The van der Waals surface area contributed by atoms with E-state index in [-0.39, 0.29) is 0 Å². The number of anilines is 1. The van der Waals surface area contributed by atoms with E-state index >= 15 is 0 Å². The maximum atomic E-state index is 12.0. The molecule has 1 atom stereocenters. The highest BCUT2D eigenvalue weighted by molar-refractivity contribution is 5.81. The summed E-state index contributed by atoms with van der Waals surface area (Å²) in [6.45, 7) is 11.0. The van der Waals surface area contributed by atoms with Gasteiger partial charge in [0.2, 0.25) is 0 Å². The third-order valence-corrected chi connectivity index (χ3v) is 12.9. The van der Waals surface area contributed by atoms with Crippen molar-refractivity contribution in [1.82, 2.24) is 19.8 Å². The quantitative estimate of drug-likeness (QED) is 0.136. The van der Waals surface area contributed by atoms with E-state index in [2.05, 4.69) is 87.0 Å². The maximum Gasteiger partial charge on any atom is 0.153 e. The normalized spacial score (nSPS) is 20.7. The van der Waals surface area contributed by atoms with Crippen LogP contribution in [0, 0.1) is 5.41 Å². The lowest BCUT2D eigenvalue weighted by Crippen LogP contribution is -2.60. The van der Waals surface area contributed by atoms with Gasteiger partial charge in [-0.05, 0) is 108 Å². The molecule has 1 spiro atoms. The molecule has 2 saturated heterocycles. The number of aldehydes is 1. The number of nitrogens with one attached hydrogen (secondary N) is 1. The fraction of sp³-hybridized carbons (Fsp3) is 0.435. The summed E-state index contributed by atoms with van der Waals surface area (Å²) in [7, 11) is 1.80. The second kappa shape index (κ2) is 14.5. The Morgan fingerprint density at radius 3 is 2.54 bits per heavy atom. The lowest BCUT2D eigenvalue weighted by Gasteiger charge is -2.58. The molecule has 280 valence electrons. The van der Waals surface area contributed by atoms with Crippen LogP contribution >= 0.6 is 0 Å². The number of ether oxygens (including phenoxy) is 2. The van der Waals surface area contributed by atoms with Gasteiger partial charge in [-0.2, -0.15) is 0 Å². The van der Waals surface area contributed by atoms with Crippen LogP contribution < -0.4 is 14.4 Å². The molecule has 0 radical (unpaired) electrons. The van der Waals surface area contributed by atoms with E-state index in [9.17, 15) is 4.79 Å². The van der Waals surface area contributed by atoms with E-state index in [1.807, 2.05) is 30.5 Å². The zero-order valence-corrected chi connectivity index (χ0v) is 32.0. The van der Waals surface area contributed by atoms with E-state index < -0.39 is 0 Å². The summed E-state index contributed by atoms with van der Waals surface area (Å²) in [5.41, 5.74) is 8.69. The van der Waals surface area contributed by atoms with E-state index in [1.54, 1.807) is 13.3 Å². The van der Waals surface area contributed by atoms with Gasteiger partial charge in [0, 0.05) is 74.7 Å². The number of hydrogen-bond donors (Lipinski definition) is 1. The van der Waals surface area contributed by atoms with Gasteiger partial charge in [-0.3, -0.25) is 14.6 Å². The maximum absolute atomic E-state index is 12.0. The van der Waals surface area contributed by atoms with Crippen LogP contribution in [-0.2, 0) is 6.54 Å². The van der Waals surface area contributed by atoms with Gasteiger partial charge in [0.25, 0.3) is 0 Å². The van der Waals surface area contributed by atoms with Crippen molar-refractivity contribution < 1.29 is 14.3 Å². The molecular formula is C46H53N5O3. The van der Waals surface area contributed by atoms with Crippen molar-refractivity contribution in [2.45, 2.75) is 82.8 Å². The number of carbonyl (C=O) groups is 1. The molecule has 2 aliphatic carbocycles. The van der Waals surface area contributed by atoms with E-state index in [0.717, 1.165) is 68.0 Å². The molecule has 0 bridgehead atoms. The van der Waals surface area contributed by atoms with Crippen molar-refractivity contribution >= 4 is 23.0 Å². The van der Waals surface area contributed by atoms with Crippen LogP contribution in [0.3, 0.4) is 0 Å². The van der Waals surface area contributed by atoms with Gasteiger partial charge in [0.15, 0.2) is 6.29 Å². The fourth-order valence-electron chi connectivity index (χ4n) is 9.73. The number of piperidine rings is 1. The highest BCUT2D eigenvalue weighted by Gasteiger charge is 2.50. The minimum Gasteiger partial charge on any atom is -0.496 e. The fourth-order valence-corrected chi connectivity index (χ4v) is 9.73. The number of pyridine rings is 1. The second-order valence-electron chi connectivity index (χ2n) is 16.7. The second-order valence-corrected chi connectivity index (χ2v) is 16.7. The molecule has 9 rings (SSSR count). The van der Waals surface area contributed by atoms with E-state index in [4.69, 9.17) is 9.47 Å². The summed E-state index contributed by atoms with van der Waals surface area (Å²) in [6, 6.07) is 27.0. The molecule has 54 heavy (non-hydrogen) atoms. The monoisotopic (exact) mass is 723 g/mol. The largest absolute Gasteiger partial charge is 0.496 e. The Bertz CT molecular complexity index is 2120. The minimum absolute atomic E-state index is 0.392. The summed E-state index contributed by atoms with van der Waals surface area (Å²) in [5.74, 6) is 3.41. The number of piperazine rings is 1. The summed E-state index contributed by atoms with van der Waals surface area (Å²) in [6.07, 6.45) is 11.9. The molecule has 1 N–H and O–H groups in total. The molecule has 3 aromatic carbocycles. The summed E-state index contributed by atoms with van der Waals surface area (Å²) in [5, 5.41) is 0.976. The first-order chi connectivity index (χ1) is 26.4. The Balaban J connectivity index is 0.875. The summed E-state index contributed by atoms with van der Waals surface area (Å²) >= 11 is 0. The average Bonchev–Trinajstić information content (AvgIpc) is 3.93. The number of aromatic nitrogens is 2. The van der Waals surface area contributed by atoms with Crippen molar-refractivity contribution in [1.29, 1.82) is 0 Å². The first-order valence-corrected chi connectivity index (χ1v) is 20.1. The minimum atomic E-state index is 0.392. The molecule has 2 aromatic heterocycles. The molecule has 8 heteroatoms. The van der Waals surface area contributed by atoms with Crippen LogP contribution in [0.15, 0.2) is 85.2 Å². The van der Waals surface area contributed by atoms with Gasteiger partial charge in [0.05, 0.1) is 18.9 Å². The van der Waals surface area contributed by atoms with Gasteiger partial charge >= 0.3 is 0 Å². The van der Waals surface area contributed by atoms with Gasteiger partial charge in [-0.15, -0.1) is 0 Å². The van der Waals surface area contributed by atoms with Crippen LogP contribution in [0.25, 0.3) is 11.0 Å². The van der Waals surface area contributed by atoms with Crippen LogP contribution in [0.4, 0.5) is 5.69 Å². The lowest BCUT2D eigenvalue weighted by molar-refractivity contribution is -0.0628. The highest BCUT2D eigenvalue weighted by atomic mass is 16.5. The highest BCUT2D eigenvalue weighted by Crippen LogP contribution is 2.53. The number of benzene rings is 3. The van der Waals surface area contributed by atoms with Crippen molar-refractivity contribution in [3.8, 4) is 17.2 Å². The Labute approximate surface area is 319 Å². The number of fused-ring (bicyclic) bond motifs is 1.